The van der Waals surface area contributed by atoms with Gasteiger partial charge in [0, 0.05) is 17.1 Å². The maximum Gasteiger partial charge on any atom is 0.338 e. The van der Waals surface area contributed by atoms with Crippen LogP contribution in [0, 0.1) is 6.92 Å². The minimum Gasteiger partial charge on any atom is -0.462 e. The van der Waals surface area contributed by atoms with E-state index in [-0.39, 0.29) is 0 Å². The third-order valence-electron chi connectivity index (χ3n) is 5.55. The van der Waals surface area contributed by atoms with E-state index in [0.717, 1.165) is 22.2 Å². The number of nitrogens with zero attached hydrogens (tertiary/aromatic N) is 3. The predicted octanol–water partition coefficient (Wildman–Crippen LogP) is 5.93. The van der Waals surface area contributed by atoms with E-state index in [1.54, 1.807) is 43.0 Å². The molecule has 0 spiro atoms. The molecule has 0 radical (unpaired) electrons. The van der Waals surface area contributed by atoms with Gasteiger partial charge in [0.2, 0.25) is 0 Å². The number of anilines is 1. The van der Waals surface area contributed by atoms with E-state index in [9.17, 15) is 9.59 Å². The smallest absolute Gasteiger partial charge is 0.338 e. The first-order chi connectivity index (χ1) is 17.9. The molecular weight excluding hydrogens is 486 g/mol. The average molecular weight is 516 g/mol. The lowest BCUT2D eigenvalue weighted by Gasteiger charge is -2.17. The molecule has 0 aliphatic heterocycles. The van der Waals surface area contributed by atoms with E-state index in [1.807, 2.05) is 60.9 Å². The third-order valence-corrected chi connectivity index (χ3v) is 6.55. The van der Waals surface area contributed by atoms with Gasteiger partial charge in [0.1, 0.15) is 0 Å². The second-order valence-electron chi connectivity index (χ2n) is 8.40. The van der Waals surface area contributed by atoms with Gasteiger partial charge in [-0.05, 0) is 62.7 Å². The number of hydrogen-bond acceptors (Lipinski definition) is 6. The Hall–Kier alpha value is -4.11. The molecule has 1 aromatic heterocycles. The van der Waals surface area contributed by atoms with Crippen molar-refractivity contribution in [2.24, 2.45) is 0 Å². The fourth-order valence-corrected chi connectivity index (χ4v) is 4.56. The van der Waals surface area contributed by atoms with Crippen LogP contribution in [0.2, 0.25) is 0 Å². The Morgan fingerprint density at radius 1 is 0.973 bits per heavy atom. The normalized spacial score (nSPS) is 11.5. The summed E-state index contributed by atoms with van der Waals surface area (Å²) in [6.45, 7) is 5.96. The summed E-state index contributed by atoms with van der Waals surface area (Å²) in [7, 11) is 0. The van der Waals surface area contributed by atoms with E-state index >= 15 is 0 Å². The molecule has 0 saturated heterocycles. The Morgan fingerprint density at radius 2 is 1.68 bits per heavy atom. The summed E-state index contributed by atoms with van der Waals surface area (Å²) in [5.74, 6) is 0.963. The standard InChI is InChI=1S/C28H29N5O3S/c1-4-36-26(34)22-12-14-23(15-13-22)30-27(35)29-20(3)25-31-32-28(37-18-21-8-6-5-7-9-21)33(25)24-16-10-19(2)11-17-24/h5-17,20H,4,18H2,1-3H3,(H2,29,30,35). The lowest BCUT2D eigenvalue weighted by atomic mass is 10.2. The van der Waals surface area contributed by atoms with Gasteiger partial charge in [-0.2, -0.15) is 0 Å². The van der Waals surface area contributed by atoms with Gasteiger partial charge in [0.05, 0.1) is 18.2 Å². The zero-order chi connectivity index (χ0) is 26.2. The molecule has 8 nitrogen and oxygen atoms in total. The van der Waals surface area contributed by atoms with Gasteiger partial charge < -0.3 is 15.4 Å². The van der Waals surface area contributed by atoms with Gasteiger partial charge in [0.15, 0.2) is 11.0 Å². The zero-order valence-electron chi connectivity index (χ0n) is 21.0. The molecule has 0 saturated carbocycles. The Balaban J connectivity index is 1.49. The first-order valence-electron chi connectivity index (χ1n) is 12.0. The molecule has 1 atom stereocenters. The molecular formula is C28H29N5O3S. The third kappa shape index (κ3) is 6.77. The highest BCUT2D eigenvalue weighted by Crippen LogP contribution is 2.28. The number of carbonyl (C=O) groups is 2. The number of nitrogens with one attached hydrogen (secondary N) is 2. The molecule has 1 heterocycles. The van der Waals surface area contributed by atoms with Crippen LogP contribution in [0.4, 0.5) is 10.5 Å². The van der Waals surface area contributed by atoms with E-state index in [1.165, 1.54) is 5.56 Å². The Labute approximate surface area is 220 Å². The largest absolute Gasteiger partial charge is 0.462 e. The van der Waals surface area contributed by atoms with E-state index in [2.05, 4.69) is 33.0 Å². The van der Waals surface area contributed by atoms with E-state index in [0.29, 0.717) is 23.7 Å². The zero-order valence-corrected chi connectivity index (χ0v) is 21.8. The number of thioether (sulfide) groups is 1. The van der Waals surface area contributed by atoms with Crippen molar-refractivity contribution >= 4 is 29.4 Å². The highest BCUT2D eigenvalue weighted by Gasteiger charge is 2.21. The summed E-state index contributed by atoms with van der Waals surface area (Å²) in [6, 6.07) is 24.0. The summed E-state index contributed by atoms with van der Waals surface area (Å²) in [5, 5.41) is 15.4. The lowest BCUT2D eigenvalue weighted by molar-refractivity contribution is 0.0526. The number of rotatable bonds is 9. The lowest BCUT2D eigenvalue weighted by Crippen LogP contribution is -2.32. The van der Waals surface area contributed by atoms with Crippen molar-refractivity contribution in [3.05, 3.63) is 101 Å². The van der Waals surface area contributed by atoms with Crippen LogP contribution in [-0.2, 0) is 10.5 Å². The van der Waals surface area contributed by atoms with Crippen LogP contribution in [0.3, 0.4) is 0 Å². The topological polar surface area (TPSA) is 98.1 Å². The number of ether oxygens (including phenoxy) is 1. The van der Waals surface area contributed by atoms with E-state index in [4.69, 9.17) is 4.74 Å². The maximum absolute atomic E-state index is 12.8. The molecule has 0 aliphatic carbocycles. The quantitative estimate of drug-likeness (QED) is 0.212. The fraction of sp³-hybridized carbons (Fsp3) is 0.214. The van der Waals surface area contributed by atoms with Crippen molar-refractivity contribution < 1.29 is 14.3 Å². The minimum absolute atomic E-state index is 0.304. The number of amides is 2. The van der Waals surface area contributed by atoms with Crippen LogP contribution in [-0.4, -0.2) is 33.4 Å². The molecule has 0 aliphatic rings. The molecule has 2 N–H and O–H groups in total. The molecule has 1 unspecified atom stereocenters. The SMILES string of the molecule is CCOC(=O)c1ccc(NC(=O)NC(C)c2nnc(SCc3ccccc3)n2-c2ccc(C)cc2)cc1. The average Bonchev–Trinajstić information content (AvgIpc) is 3.33. The highest BCUT2D eigenvalue weighted by atomic mass is 32.2. The number of benzene rings is 3. The first kappa shape index (κ1) is 26.0. The van der Waals surface area contributed by atoms with Gasteiger partial charge >= 0.3 is 12.0 Å². The molecule has 4 aromatic rings. The number of aromatic nitrogens is 3. The Morgan fingerprint density at radius 3 is 2.35 bits per heavy atom. The van der Waals surface area contributed by atoms with Crippen molar-refractivity contribution in [1.29, 1.82) is 0 Å². The molecule has 0 bridgehead atoms. The number of carbonyl (C=O) groups excluding carboxylic acids is 2. The number of hydrogen-bond donors (Lipinski definition) is 2. The molecule has 190 valence electrons. The van der Waals surface area contributed by atoms with Crippen LogP contribution in [0.25, 0.3) is 5.69 Å². The first-order valence-corrected chi connectivity index (χ1v) is 13.0. The van der Waals surface area contributed by atoms with Crippen LogP contribution < -0.4 is 10.6 Å². The van der Waals surface area contributed by atoms with Crippen molar-refractivity contribution in [3.8, 4) is 5.69 Å². The summed E-state index contributed by atoms with van der Waals surface area (Å²) in [6.07, 6.45) is 0. The van der Waals surface area contributed by atoms with Gasteiger partial charge in [-0.3, -0.25) is 4.57 Å². The molecule has 9 heteroatoms. The monoisotopic (exact) mass is 515 g/mol. The van der Waals surface area contributed by atoms with Crippen molar-refractivity contribution in [3.63, 3.8) is 0 Å². The van der Waals surface area contributed by atoms with E-state index < -0.39 is 18.0 Å². The molecule has 4 rings (SSSR count). The number of aryl methyl sites for hydroxylation is 1. The van der Waals surface area contributed by atoms with Gasteiger partial charge in [-0.1, -0.05) is 59.8 Å². The predicted molar refractivity (Wildman–Crippen MR) is 145 cm³/mol. The minimum atomic E-state index is -0.432. The van der Waals surface area contributed by atoms with Crippen molar-refractivity contribution in [2.45, 2.75) is 37.7 Å². The second kappa shape index (κ2) is 12.2. The van der Waals surface area contributed by atoms with Crippen LogP contribution in [0.1, 0.15) is 47.2 Å². The molecule has 2 amide bonds. The summed E-state index contributed by atoms with van der Waals surface area (Å²) in [4.78, 5) is 24.6. The van der Waals surface area contributed by atoms with Crippen LogP contribution in [0.15, 0.2) is 84.0 Å². The summed E-state index contributed by atoms with van der Waals surface area (Å²) in [5.41, 5.74) is 4.23. The van der Waals surface area contributed by atoms with Crippen molar-refractivity contribution in [1.82, 2.24) is 20.1 Å². The molecule has 37 heavy (non-hydrogen) atoms. The number of esters is 1. The van der Waals surface area contributed by atoms with Crippen LogP contribution >= 0.6 is 11.8 Å². The van der Waals surface area contributed by atoms with Crippen LogP contribution in [0.5, 0.6) is 0 Å². The van der Waals surface area contributed by atoms with Gasteiger partial charge in [-0.25, -0.2) is 9.59 Å². The number of urea groups is 1. The molecule has 0 fully saturated rings. The Kier molecular flexibility index (Phi) is 8.58. The van der Waals surface area contributed by atoms with Gasteiger partial charge in [-0.15, -0.1) is 10.2 Å². The summed E-state index contributed by atoms with van der Waals surface area (Å²) >= 11 is 1.59. The molecule has 3 aromatic carbocycles. The summed E-state index contributed by atoms with van der Waals surface area (Å²) < 4.78 is 6.97. The highest BCUT2D eigenvalue weighted by molar-refractivity contribution is 7.98. The fourth-order valence-electron chi connectivity index (χ4n) is 3.65. The Bertz CT molecular complexity index is 1340. The second-order valence-corrected chi connectivity index (χ2v) is 9.35. The maximum atomic E-state index is 12.8. The van der Waals surface area contributed by atoms with Crippen molar-refractivity contribution in [2.75, 3.05) is 11.9 Å². The van der Waals surface area contributed by atoms with Gasteiger partial charge in [0.25, 0.3) is 0 Å².